The highest BCUT2D eigenvalue weighted by molar-refractivity contribution is 4.82. The van der Waals surface area contributed by atoms with E-state index in [0.29, 0.717) is 6.54 Å². The SMILES string of the molecule is CC1CN(C)CC(O)C1O. The molecule has 0 saturated carbocycles. The summed E-state index contributed by atoms with van der Waals surface area (Å²) in [5.41, 5.74) is 0. The van der Waals surface area contributed by atoms with Crippen molar-refractivity contribution in [2.75, 3.05) is 20.1 Å². The summed E-state index contributed by atoms with van der Waals surface area (Å²) in [6.45, 7) is 3.41. The molecule has 2 N–H and O–H groups in total. The van der Waals surface area contributed by atoms with Crippen molar-refractivity contribution in [2.45, 2.75) is 19.1 Å². The number of aliphatic hydroxyl groups excluding tert-OH is 2. The number of likely N-dealkylation sites (tertiary alicyclic amines) is 1. The van der Waals surface area contributed by atoms with E-state index in [0.717, 1.165) is 6.54 Å². The van der Waals surface area contributed by atoms with Crippen LogP contribution in [0.5, 0.6) is 0 Å². The van der Waals surface area contributed by atoms with Gasteiger partial charge < -0.3 is 15.1 Å². The smallest absolute Gasteiger partial charge is 0.0928 e. The van der Waals surface area contributed by atoms with Crippen molar-refractivity contribution in [3.05, 3.63) is 0 Å². The molecule has 0 amide bonds. The molecule has 0 bridgehead atoms. The molecule has 0 aromatic heterocycles. The lowest BCUT2D eigenvalue weighted by Crippen LogP contribution is -2.49. The number of piperidine rings is 1. The maximum absolute atomic E-state index is 9.29. The molecule has 0 aromatic carbocycles. The summed E-state index contributed by atoms with van der Waals surface area (Å²) in [6.07, 6.45) is -1.09. The van der Waals surface area contributed by atoms with Crippen LogP contribution in [0.3, 0.4) is 0 Å². The molecule has 1 aliphatic heterocycles. The van der Waals surface area contributed by atoms with E-state index in [1.807, 2.05) is 18.9 Å². The molecule has 0 spiro atoms. The largest absolute Gasteiger partial charge is 0.390 e. The molecular weight excluding hydrogens is 130 g/mol. The first-order valence-electron chi connectivity index (χ1n) is 3.66. The Hall–Kier alpha value is -0.120. The molecule has 1 rings (SSSR count). The molecule has 3 nitrogen and oxygen atoms in total. The van der Waals surface area contributed by atoms with Gasteiger partial charge in [0.05, 0.1) is 12.2 Å². The molecule has 0 radical (unpaired) electrons. The molecule has 3 atom stereocenters. The normalized spacial score (nSPS) is 43.8. The Morgan fingerprint density at radius 1 is 1.30 bits per heavy atom. The van der Waals surface area contributed by atoms with Gasteiger partial charge >= 0.3 is 0 Å². The minimum absolute atomic E-state index is 0.189. The van der Waals surface area contributed by atoms with Crippen LogP contribution in [0.4, 0.5) is 0 Å². The Balaban J connectivity index is 2.49. The van der Waals surface area contributed by atoms with Crippen molar-refractivity contribution >= 4 is 0 Å². The van der Waals surface area contributed by atoms with Gasteiger partial charge in [0.1, 0.15) is 0 Å². The lowest BCUT2D eigenvalue weighted by Gasteiger charge is -2.35. The zero-order valence-electron chi connectivity index (χ0n) is 6.49. The summed E-state index contributed by atoms with van der Waals surface area (Å²) in [5, 5.41) is 18.5. The van der Waals surface area contributed by atoms with Gasteiger partial charge in [0, 0.05) is 13.1 Å². The average Bonchev–Trinajstić information content (AvgIpc) is 1.82. The van der Waals surface area contributed by atoms with Crippen LogP contribution in [-0.2, 0) is 0 Å². The number of β-amino-alcohol motifs (C(OH)–C–C–N with tert-alkyl or cyclic N) is 1. The van der Waals surface area contributed by atoms with Crippen LogP contribution < -0.4 is 0 Å². The highest BCUT2D eigenvalue weighted by Crippen LogP contribution is 2.15. The maximum Gasteiger partial charge on any atom is 0.0928 e. The van der Waals surface area contributed by atoms with Crippen LogP contribution >= 0.6 is 0 Å². The fourth-order valence-electron chi connectivity index (χ4n) is 1.48. The van der Waals surface area contributed by atoms with Crippen molar-refractivity contribution in [1.29, 1.82) is 0 Å². The Bertz CT molecular complexity index is 106. The van der Waals surface area contributed by atoms with Crippen LogP contribution in [0.15, 0.2) is 0 Å². The Morgan fingerprint density at radius 3 is 2.40 bits per heavy atom. The van der Waals surface area contributed by atoms with Crippen LogP contribution in [0.2, 0.25) is 0 Å². The zero-order valence-corrected chi connectivity index (χ0v) is 6.49. The third-order valence-electron chi connectivity index (χ3n) is 2.08. The van der Waals surface area contributed by atoms with Gasteiger partial charge in [-0.3, -0.25) is 0 Å². The highest BCUT2D eigenvalue weighted by Gasteiger charge is 2.29. The molecule has 1 fully saturated rings. The third kappa shape index (κ3) is 1.48. The minimum Gasteiger partial charge on any atom is -0.390 e. The Kier molecular flexibility index (Phi) is 2.28. The van der Waals surface area contributed by atoms with Crippen LogP contribution in [-0.4, -0.2) is 47.5 Å². The molecule has 3 unspecified atom stereocenters. The fraction of sp³-hybridized carbons (Fsp3) is 1.00. The number of nitrogens with zero attached hydrogens (tertiary/aromatic N) is 1. The molecule has 0 aliphatic carbocycles. The van der Waals surface area contributed by atoms with E-state index < -0.39 is 12.2 Å². The van der Waals surface area contributed by atoms with E-state index in [2.05, 4.69) is 0 Å². The van der Waals surface area contributed by atoms with E-state index >= 15 is 0 Å². The van der Waals surface area contributed by atoms with E-state index in [1.54, 1.807) is 0 Å². The average molecular weight is 145 g/mol. The Morgan fingerprint density at radius 2 is 1.90 bits per heavy atom. The number of hydrogen-bond acceptors (Lipinski definition) is 3. The number of aliphatic hydroxyl groups is 2. The monoisotopic (exact) mass is 145 g/mol. The molecule has 60 valence electrons. The summed E-state index contributed by atoms with van der Waals surface area (Å²) in [7, 11) is 1.95. The standard InChI is InChI=1S/C7H15NO2/c1-5-3-8(2)4-6(9)7(5)10/h5-7,9-10H,3-4H2,1-2H3. The van der Waals surface area contributed by atoms with Crippen molar-refractivity contribution in [3.8, 4) is 0 Å². The van der Waals surface area contributed by atoms with Crippen molar-refractivity contribution in [2.24, 2.45) is 5.92 Å². The second-order valence-electron chi connectivity index (χ2n) is 3.26. The summed E-state index contributed by atoms with van der Waals surface area (Å²) in [6, 6.07) is 0. The predicted octanol–water partition coefficient (Wildman–Crippen LogP) is -0.710. The van der Waals surface area contributed by atoms with Crippen LogP contribution in [0.1, 0.15) is 6.92 Å². The highest BCUT2D eigenvalue weighted by atomic mass is 16.3. The van der Waals surface area contributed by atoms with E-state index in [4.69, 9.17) is 0 Å². The van der Waals surface area contributed by atoms with E-state index in [-0.39, 0.29) is 5.92 Å². The van der Waals surface area contributed by atoms with Gasteiger partial charge in [0.2, 0.25) is 0 Å². The van der Waals surface area contributed by atoms with E-state index in [9.17, 15) is 10.2 Å². The second-order valence-corrected chi connectivity index (χ2v) is 3.26. The lowest BCUT2D eigenvalue weighted by atomic mass is 9.95. The molecular formula is C7H15NO2. The summed E-state index contributed by atoms with van der Waals surface area (Å²) in [5.74, 6) is 0.189. The Labute approximate surface area is 61.3 Å². The molecule has 3 heteroatoms. The molecule has 10 heavy (non-hydrogen) atoms. The third-order valence-corrected chi connectivity index (χ3v) is 2.08. The van der Waals surface area contributed by atoms with Crippen molar-refractivity contribution in [3.63, 3.8) is 0 Å². The summed E-state index contributed by atoms with van der Waals surface area (Å²) < 4.78 is 0. The second kappa shape index (κ2) is 2.86. The van der Waals surface area contributed by atoms with Crippen LogP contribution in [0.25, 0.3) is 0 Å². The molecule has 1 heterocycles. The van der Waals surface area contributed by atoms with Gasteiger partial charge in [0.25, 0.3) is 0 Å². The fourth-order valence-corrected chi connectivity index (χ4v) is 1.48. The van der Waals surface area contributed by atoms with Crippen LogP contribution in [0, 0.1) is 5.92 Å². The van der Waals surface area contributed by atoms with Gasteiger partial charge in [-0.1, -0.05) is 6.92 Å². The molecule has 0 aromatic rings. The van der Waals surface area contributed by atoms with Gasteiger partial charge in [-0.25, -0.2) is 0 Å². The van der Waals surface area contributed by atoms with Crippen molar-refractivity contribution < 1.29 is 10.2 Å². The van der Waals surface area contributed by atoms with Gasteiger partial charge in [0.15, 0.2) is 0 Å². The summed E-state index contributed by atoms with van der Waals surface area (Å²) >= 11 is 0. The van der Waals surface area contributed by atoms with Gasteiger partial charge in [-0.2, -0.15) is 0 Å². The van der Waals surface area contributed by atoms with Gasteiger partial charge in [-0.05, 0) is 13.0 Å². The minimum atomic E-state index is -0.561. The zero-order chi connectivity index (χ0) is 7.72. The quantitative estimate of drug-likeness (QED) is 0.473. The predicted molar refractivity (Wildman–Crippen MR) is 38.7 cm³/mol. The number of likely N-dealkylation sites (N-methyl/N-ethyl adjacent to an activating group) is 1. The topological polar surface area (TPSA) is 43.7 Å². The summed E-state index contributed by atoms with van der Waals surface area (Å²) in [4.78, 5) is 2.03. The van der Waals surface area contributed by atoms with Gasteiger partial charge in [-0.15, -0.1) is 0 Å². The molecule has 1 aliphatic rings. The van der Waals surface area contributed by atoms with Crippen molar-refractivity contribution in [1.82, 2.24) is 4.90 Å². The first-order chi connectivity index (χ1) is 4.61. The maximum atomic E-state index is 9.29. The van der Waals surface area contributed by atoms with E-state index in [1.165, 1.54) is 0 Å². The molecule has 1 saturated heterocycles. The number of hydrogen-bond donors (Lipinski definition) is 2. The number of rotatable bonds is 0. The first-order valence-corrected chi connectivity index (χ1v) is 3.66. The first kappa shape index (κ1) is 7.98. The lowest BCUT2D eigenvalue weighted by molar-refractivity contribution is -0.0625.